The van der Waals surface area contributed by atoms with Gasteiger partial charge in [0.15, 0.2) is 0 Å². The van der Waals surface area contributed by atoms with Crippen LogP contribution in [-0.2, 0) is 0 Å². The van der Waals surface area contributed by atoms with Crippen molar-refractivity contribution in [3.05, 3.63) is 65.7 Å². The highest BCUT2D eigenvalue weighted by molar-refractivity contribution is 5.50. The van der Waals surface area contributed by atoms with E-state index in [-0.39, 0.29) is 6.04 Å². The molecule has 0 fully saturated rings. The summed E-state index contributed by atoms with van der Waals surface area (Å²) in [5.41, 5.74) is 9.66. The number of hydrogen-bond acceptors (Lipinski definition) is 2. The van der Waals surface area contributed by atoms with Crippen molar-refractivity contribution >= 4 is 5.69 Å². The van der Waals surface area contributed by atoms with Gasteiger partial charge in [0.2, 0.25) is 0 Å². The van der Waals surface area contributed by atoms with Gasteiger partial charge in [-0.25, -0.2) is 0 Å². The van der Waals surface area contributed by atoms with Crippen molar-refractivity contribution in [2.45, 2.75) is 13.0 Å². The SMILES string of the molecule is Cc1cccc(N(C)C(CN)c2ccccc2)c1. The van der Waals surface area contributed by atoms with Gasteiger partial charge in [-0.15, -0.1) is 0 Å². The summed E-state index contributed by atoms with van der Waals surface area (Å²) in [5.74, 6) is 0. The molecule has 0 saturated carbocycles. The number of anilines is 1. The molecular weight excluding hydrogens is 220 g/mol. The first kappa shape index (κ1) is 12.7. The maximum absolute atomic E-state index is 5.94. The Morgan fingerprint density at radius 2 is 1.78 bits per heavy atom. The van der Waals surface area contributed by atoms with Gasteiger partial charge in [0.05, 0.1) is 6.04 Å². The van der Waals surface area contributed by atoms with Crippen LogP contribution in [0.2, 0.25) is 0 Å². The van der Waals surface area contributed by atoms with E-state index in [2.05, 4.69) is 67.4 Å². The van der Waals surface area contributed by atoms with Crippen molar-refractivity contribution in [3.63, 3.8) is 0 Å². The molecule has 18 heavy (non-hydrogen) atoms. The van der Waals surface area contributed by atoms with Crippen molar-refractivity contribution < 1.29 is 0 Å². The molecule has 0 radical (unpaired) electrons. The summed E-state index contributed by atoms with van der Waals surface area (Å²) in [6, 6.07) is 19.1. The number of hydrogen-bond donors (Lipinski definition) is 1. The molecule has 0 saturated heterocycles. The van der Waals surface area contributed by atoms with E-state index < -0.39 is 0 Å². The second-order valence-corrected chi connectivity index (χ2v) is 4.61. The van der Waals surface area contributed by atoms with Crippen LogP contribution in [0.25, 0.3) is 0 Å². The van der Waals surface area contributed by atoms with E-state index in [1.807, 2.05) is 6.07 Å². The first-order chi connectivity index (χ1) is 8.72. The van der Waals surface area contributed by atoms with Crippen LogP contribution in [0.15, 0.2) is 54.6 Å². The second kappa shape index (κ2) is 5.69. The van der Waals surface area contributed by atoms with Crippen molar-refractivity contribution in [1.82, 2.24) is 0 Å². The van der Waals surface area contributed by atoms with Gasteiger partial charge >= 0.3 is 0 Å². The summed E-state index contributed by atoms with van der Waals surface area (Å²) >= 11 is 0. The highest BCUT2D eigenvalue weighted by atomic mass is 15.1. The molecule has 0 aliphatic carbocycles. The van der Waals surface area contributed by atoms with Crippen molar-refractivity contribution in [2.75, 3.05) is 18.5 Å². The molecule has 0 bridgehead atoms. The van der Waals surface area contributed by atoms with Crippen LogP contribution in [0, 0.1) is 6.92 Å². The van der Waals surface area contributed by atoms with E-state index >= 15 is 0 Å². The van der Waals surface area contributed by atoms with Crippen LogP contribution in [0.4, 0.5) is 5.69 Å². The summed E-state index contributed by atoms with van der Waals surface area (Å²) in [4.78, 5) is 2.24. The van der Waals surface area contributed by atoms with E-state index in [1.165, 1.54) is 16.8 Å². The Labute approximate surface area is 109 Å². The predicted octanol–water partition coefficient (Wildman–Crippen LogP) is 3.13. The van der Waals surface area contributed by atoms with Gasteiger partial charge in [0.1, 0.15) is 0 Å². The maximum atomic E-state index is 5.94. The fourth-order valence-corrected chi connectivity index (χ4v) is 2.22. The number of likely N-dealkylation sites (N-methyl/N-ethyl adjacent to an activating group) is 1. The molecule has 2 nitrogen and oxygen atoms in total. The van der Waals surface area contributed by atoms with Crippen LogP contribution in [0.3, 0.4) is 0 Å². The van der Waals surface area contributed by atoms with Gasteiger partial charge in [-0.05, 0) is 30.2 Å². The van der Waals surface area contributed by atoms with Gasteiger partial charge < -0.3 is 10.6 Å². The molecule has 1 unspecified atom stereocenters. The minimum Gasteiger partial charge on any atom is -0.366 e. The minimum atomic E-state index is 0.216. The van der Waals surface area contributed by atoms with E-state index in [0.29, 0.717) is 6.54 Å². The monoisotopic (exact) mass is 240 g/mol. The van der Waals surface area contributed by atoms with Crippen LogP contribution in [0.5, 0.6) is 0 Å². The average molecular weight is 240 g/mol. The lowest BCUT2D eigenvalue weighted by Crippen LogP contribution is -2.30. The van der Waals surface area contributed by atoms with Gasteiger partial charge in [-0.2, -0.15) is 0 Å². The lowest BCUT2D eigenvalue weighted by atomic mass is 10.0. The molecule has 0 aromatic heterocycles. The normalized spacial score (nSPS) is 12.2. The number of benzene rings is 2. The van der Waals surface area contributed by atoms with E-state index in [4.69, 9.17) is 5.73 Å². The minimum absolute atomic E-state index is 0.216. The molecule has 0 amide bonds. The Balaban J connectivity index is 2.28. The van der Waals surface area contributed by atoms with Gasteiger partial charge in [0, 0.05) is 19.3 Å². The molecule has 2 N–H and O–H groups in total. The molecule has 2 aromatic rings. The summed E-state index contributed by atoms with van der Waals surface area (Å²) in [6.07, 6.45) is 0. The van der Waals surface area contributed by atoms with E-state index in [1.54, 1.807) is 0 Å². The Bertz CT molecular complexity index is 493. The zero-order valence-corrected chi connectivity index (χ0v) is 11.0. The van der Waals surface area contributed by atoms with Crippen LogP contribution in [-0.4, -0.2) is 13.6 Å². The first-order valence-electron chi connectivity index (χ1n) is 6.27. The molecular formula is C16H20N2. The quantitative estimate of drug-likeness (QED) is 0.889. The standard InChI is InChI=1S/C16H20N2/c1-13-7-6-10-15(11-13)18(2)16(12-17)14-8-4-3-5-9-14/h3-11,16H,12,17H2,1-2H3. The number of nitrogens with zero attached hydrogens (tertiary/aromatic N) is 1. The largest absolute Gasteiger partial charge is 0.366 e. The van der Waals surface area contributed by atoms with Crippen molar-refractivity contribution in [1.29, 1.82) is 0 Å². The Hall–Kier alpha value is -1.80. The Kier molecular flexibility index (Phi) is 4.00. The highest BCUT2D eigenvalue weighted by Gasteiger charge is 2.15. The number of aryl methyl sites for hydroxylation is 1. The van der Waals surface area contributed by atoms with E-state index in [9.17, 15) is 0 Å². The summed E-state index contributed by atoms with van der Waals surface area (Å²) in [7, 11) is 2.10. The average Bonchev–Trinajstić information content (AvgIpc) is 2.41. The summed E-state index contributed by atoms with van der Waals surface area (Å²) in [5, 5.41) is 0. The van der Waals surface area contributed by atoms with Gasteiger partial charge in [0.25, 0.3) is 0 Å². The molecule has 2 rings (SSSR count). The summed E-state index contributed by atoms with van der Waals surface area (Å²) < 4.78 is 0. The first-order valence-corrected chi connectivity index (χ1v) is 6.27. The maximum Gasteiger partial charge on any atom is 0.0661 e. The molecule has 1 atom stereocenters. The molecule has 2 aromatic carbocycles. The number of rotatable bonds is 4. The van der Waals surface area contributed by atoms with Crippen molar-refractivity contribution in [3.8, 4) is 0 Å². The van der Waals surface area contributed by atoms with Crippen LogP contribution >= 0.6 is 0 Å². The lowest BCUT2D eigenvalue weighted by Gasteiger charge is -2.29. The third kappa shape index (κ3) is 2.71. The highest BCUT2D eigenvalue weighted by Crippen LogP contribution is 2.25. The fraction of sp³-hybridized carbons (Fsp3) is 0.250. The summed E-state index contributed by atoms with van der Waals surface area (Å²) in [6.45, 7) is 2.71. The van der Waals surface area contributed by atoms with Gasteiger partial charge in [-0.1, -0.05) is 42.5 Å². The Morgan fingerprint density at radius 1 is 1.06 bits per heavy atom. The smallest absolute Gasteiger partial charge is 0.0661 e. The fourth-order valence-electron chi connectivity index (χ4n) is 2.22. The topological polar surface area (TPSA) is 29.3 Å². The van der Waals surface area contributed by atoms with E-state index in [0.717, 1.165) is 0 Å². The zero-order valence-electron chi connectivity index (χ0n) is 11.0. The molecule has 0 spiro atoms. The molecule has 0 aliphatic heterocycles. The molecule has 0 aliphatic rings. The molecule has 2 heteroatoms. The third-order valence-electron chi connectivity index (χ3n) is 3.28. The molecule has 0 heterocycles. The van der Waals surface area contributed by atoms with Crippen LogP contribution in [0.1, 0.15) is 17.2 Å². The second-order valence-electron chi connectivity index (χ2n) is 4.61. The van der Waals surface area contributed by atoms with Gasteiger partial charge in [-0.3, -0.25) is 0 Å². The third-order valence-corrected chi connectivity index (χ3v) is 3.28. The van der Waals surface area contributed by atoms with Crippen molar-refractivity contribution in [2.24, 2.45) is 5.73 Å². The van der Waals surface area contributed by atoms with Crippen LogP contribution < -0.4 is 10.6 Å². The Morgan fingerprint density at radius 3 is 2.39 bits per heavy atom. The zero-order chi connectivity index (χ0) is 13.0. The lowest BCUT2D eigenvalue weighted by molar-refractivity contribution is 0.680. The predicted molar refractivity (Wildman–Crippen MR) is 77.8 cm³/mol. The number of nitrogens with two attached hydrogens (primary N) is 1. The molecule has 94 valence electrons.